The summed E-state index contributed by atoms with van der Waals surface area (Å²) in [6, 6.07) is 10.1. The molecule has 0 amide bonds. The van der Waals surface area contributed by atoms with Crippen LogP contribution in [0.25, 0.3) is 0 Å². The van der Waals surface area contributed by atoms with Crippen LogP contribution in [0.1, 0.15) is 52.5 Å². The number of hydrogen-bond acceptors (Lipinski definition) is 3. The Morgan fingerprint density at radius 2 is 1.92 bits per heavy atom. The molecule has 0 aromatic heterocycles. The molecule has 0 saturated heterocycles. The van der Waals surface area contributed by atoms with Crippen molar-refractivity contribution in [2.24, 2.45) is 22.7 Å². The molecule has 0 spiro atoms. The lowest BCUT2D eigenvalue weighted by molar-refractivity contribution is -0.171. The van der Waals surface area contributed by atoms with Gasteiger partial charge in [-0.15, -0.1) is 0 Å². The Bertz CT molecular complexity index is 632. The first kappa shape index (κ1) is 17.2. The van der Waals surface area contributed by atoms with E-state index < -0.39 is 5.41 Å². The maximum atomic E-state index is 13.1. The van der Waals surface area contributed by atoms with E-state index in [1.165, 1.54) is 0 Å². The standard InChI is InChI=1S/C21H28O3/c1-14(2)17(12-15-8-6-5-7-9-15)24-19(23)21-11-10-16(13-18(21)22)20(21,3)4/h5-9,14,16-17H,10-13H2,1-4H3/t16?,17-,21-/m0/s1. The highest BCUT2D eigenvalue weighted by atomic mass is 16.5. The molecule has 2 aliphatic carbocycles. The third kappa shape index (κ3) is 2.49. The maximum absolute atomic E-state index is 13.1. The molecule has 2 aliphatic rings. The van der Waals surface area contributed by atoms with Crippen molar-refractivity contribution in [2.45, 2.75) is 59.5 Å². The predicted octanol–water partition coefficient (Wildman–Crippen LogP) is 4.19. The minimum absolute atomic E-state index is 0.0935. The van der Waals surface area contributed by atoms with E-state index in [-0.39, 0.29) is 29.2 Å². The number of carbonyl (C=O) groups is 2. The number of fused-ring (bicyclic) bond motifs is 2. The van der Waals surface area contributed by atoms with Gasteiger partial charge in [-0.25, -0.2) is 0 Å². The molecule has 0 radical (unpaired) electrons. The average Bonchev–Trinajstić information content (AvgIpc) is 2.90. The van der Waals surface area contributed by atoms with Gasteiger partial charge in [0.1, 0.15) is 11.5 Å². The van der Waals surface area contributed by atoms with Crippen LogP contribution in [0.2, 0.25) is 0 Å². The molecule has 24 heavy (non-hydrogen) atoms. The smallest absolute Gasteiger partial charge is 0.320 e. The molecule has 1 unspecified atom stereocenters. The van der Waals surface area contributed by atoms with E-state index >= 15 is 0 Å². The summed E-state index contributed by atoms with van der Waals surface area (Å²) in [5.74, 6) is 0.342. The molecule has 3 atom stereocenters. The number of carbonyl (C=O) groups excluding carboxylic acids is 2. The number of hydrogen-bond donors (Lipinski definition) is 0. The zero-order chi connectivity index (χ0) is 17.5. The largest absolute Gasteiger partial charge is 0.461 e. The minimum Gasteiger partial charge on any atom is -0.461 e. The molecule has 0 heterocycles. The van der Waals surface area contributed by atoms with E-state index in [0.717, 1.165) is 12.0 Å². The lowest BCUT2D eigenvalue weighted by Crippen LogP contribution is -2.46. The second kappa shape index (κ2) is 6.02. The van der Waals surface area contributed by atoms with Gasteiger partial charge in [0, 0.05) is 12.8 Å². The van der Waals surface area contributed by atoms with Gasteiger partial charge in [0.15, 0.2) is 5.78 Å². The molecule has 2 saturated carbocycles. The number of rotatable bonds is 5. The summed E-state index contributed by atoms with van der Waals surface area (Å²) in [4.78, 5) is 25.7. The van der Waals surface area contributed by atoms with Crippen LogP contribution in [0.3, 0.4) is 0 Å². The van der Waals surface area contributed by atoms with Gasteiger partial charge < -0.3 is 4.74 Å². The molecule has 0 N–H and O–H groups in total. The molecular weight excluding hydrogens is 300 g/mol. The Morgan fingerprint density at radius 3 is 2.42 bits per heavy atom. The number of ether oxygens (including phenoxy) is 1. The van der Waals surface area contributed by atoms with Crippen molar-refractivity contribution in [3.63, 3.8) is 0 Å². The Hall–Kier alpha value is -1.64. The SMILES string of the molecule is CC(C)[C@H](Cc1ccccc1)OC(=O)[C@]12CCC(CC1=O)C2(C)C. The lowest BCUT2D eigenvalue weighted by atomic mass is 9.69. The quantitative estimate of drug-likeness (QED) is 0.601. The Balaban J connectivity index is 1.80. The number of Topliss-reactive ketones (excluding diaryl/α,β-unsaturated/α-hetero) is 1. The van der Waals surface area contributed by atoms with Crippen LogP contribution in [0.4, 0.5) is 0 Å². The van der Waals surface area contributed by atoms with Crippen molar-refractivity contribution in [3.8, 4) is 0 Å². The molecule has 2 fully saturated rings. The molecule has 3 heteroatoms. The maximum Gasteiger partial charge on any atom is 0.320 e. The molecule has 0 aliphatic heterocycles. The number of esters is 1. The zero-order valence-electron chi connectivity index (χ0n) is 15.2. The average molecular weight is 328 g/mol. The van der Waals surface area contributed by atoms with E-state index in [4.69, 9.17) is 4.74 Å². The predicted molar refractivity (Wildman–Crippen MR) is 93.4 cm³/mol. The van der Waals surface area contributed by atoms with Crippen molar-refractivity contribution >= 4 is 11.8 Å². The van der Waals surface area contributed by atoms with Crippen LogP contribution in [0, 0.1) is 22.7 Å². The van der Waals surface area contributed by atoms with Crippen LogP contribution in [-0.4, -0.2) is 17.9 Å². The summed E-state index contributed by atoms with van der Waals surface area (Å²) in [7, 11) is 0. The minimum atomic E-state index is -0.915. The van der Waals surface area contributed by atoms with Gasteiger partial charge in [-0.1, -0.05) is 58.0 Å². The summed E-state index contributed by atoms with van der Waals surface area (Å²) >= 11 is 0. The van der Waals surface area contributed by atoms with Crippen molar-refractivity contribution in [3.05, 3.63) is 35.9 Å². The molecule has 1 aromatic rings. The normalized spacial score (nSPS) is 29.0. The highest BCUT2D eigenvalue weighted by molar-refractivity contribution is 6.07. The molecule has 3 rings (SSSR count). The van der Waals surface area contributed by atoms with Crippen LogP contribution in [0.15, 0.2) is 30.3 Å². The summed E-state index contributed by atoms with van der Waals surface area (Å²) in [5, 5.41) is 0. The Kier molecular flexibility index (Phi) is 4.31. The van der Waals surface area contributed by atoms with Gasteiger partial charge in [0.25, 0.3) is 0 Å². The first-order valence-corrected chi connectivity index (χ1v) is 9.07. The number of benzene rings is 1. The topological polar surface area (TPSA) is 43.4 Å². The fraction of sp³-hybridized carbons (Fsp3) is 0.619. The fourth-order valence-electron chi connectivity index (χ4n) is 4.65. The van der Waals surface area contributed by atoms with Crippen LogP contribution < -0.4 is 0 Å². The second-order valence-corrected chi connectivity index (χ2v) is 8.37. The van der Waals surface area contributed by atoms with Crippen molar-refractivity contribution < 1.29 is 14.3 Å². The van der Waals surface area contributed by atoms with Crippen LogP contribution in [-0.2, 0) is 20.7 Å². The molecule has 130 valence electrons. The monoisotopic (exact) mass is 328 g/mol. The third-order valence-corrected chi connectivity index (χ3v) is 6.53. The highest BCUT2D eigenvalue weighted by Crippen LogP contribution is 2.64. The van der Waals surface area contributed by atoms with E-state index in [0.29, 0.717) is 25.2 Å². The zero-order valence-corrected chi connectivity index (χ0v) is 15.2. The molecule has 3 nitrogen and oxygen atoms in total. The highest BCUT2D eigenvalue weighted by Gasteiger charge is 2.69. The Morgan fingerprint density at radius 1 is 1.25 bits per heavy atom. The van der Waals surface area contributed by atoms with E-state index in [2.05, 4.69) is 39.8 Å². The van der Waals surface area contributed by atoms with E-state index in [9.17, 15) is 9.59 Å². The van der Waals surface area contributed by atoms with Crippen molar-refractivity contribution in [2.75, 3.05) is 0 Å². The van der Waals surface area contributed by atoms with Gasteiger partial charge in [-0.3, -0.25) is 9.59 Å². The van der Waals surface area contributed by atoms with E-state index in [1.807, 2.05) is 18.2 Å². The molecule has 1 aromatic carbocycles. The van der Waals surface area contributed by atoms with Gasteiger partial charge in [-0.05, 0) is 35.7 Å². The van der Waals surface area contributed by atoms with Crippen LogP contribution >= 0.6 is 0 Å². The van der Waals surface area contributed by atoms with Gasteiger partial charge in [0.05, 0.1) is 0 Å². The fourth-order valence-corrected chi connectivity index (χ4v) is 4.65. The van der Waals surface area contributed by atoms with Gasteiger partial charge in [0.2, 0.25) is 0 Å². The van der Waals surface area contributed by atoms with E-state index in [1.54, 1.807) is 0 Å². The first-order chi connectivity index (χ1) is 11.3. The second-order valence-electron chi connectivity index (χ2n) is 8.37. The number of ketones is 1. The van der Waals surface area contributed by atoms with Crippen molar-refractivity contribution in [1.29, 1.82) is 0 Å². The summed E-state index contributed by atoms with van der Waals surface area (Å²) in [5.41, 5.74) is -0.0421. The molecular formula is C21H28O3. The van der Waals surface area contributed by atoms with Crippen molar-refractivity contribution in [1.82, 2.24) is 0 Å². The Labute approximate surface area is 144 Å². The summed E-state index contributed by atoms with van der Waals surface area (Å²) in [6.45, 7) is 8.27. The van der Waals surface area contributed by atoms with Gasteiger partial charge in [-0.2, -0.15) is 0 Å². The molecule has 2 bridgehead atoms. The van der Waals surface area contributed by atoms with Crippen LogP contribution in [0.5, 0.6) is 0 Å². The first-order valence-electron chi connectivity index (χ1n) is 9.07. The van der Waals surface area contributed by atoms with Gasteiger partial charge >= 0.3 is 5.97 Å². The summed E-state index contributed by atoms with van der Waals surface area (Å²) in [6.07, 6.45) is 2.64. The lowest BCUT2D eigenvalue weighted by Gasteiger charge is -2.36. The third-order valence-electron chi connectivity index (χ3n) is 6.53. The summed E-state index contributed by atoms with van der Waals surface area (Å²) < 4.78 is 5.97.